The molecule has 1 heterocycles. The molecular weight excluding hydrogens is 299 g/mol. The molecule has 110 valence electrons. The number of nitrogen functional groups attached to an aromatic ring is 1. The van der Waals surface area contributed by atoms with Gasteiger partial charge in [0, 0.05) is 24.8 Å². The van der Waals surface area contributed by atoms with Crippen molar-refractivity contribution in [1.82, 2.24) is 9.55 Å². The zero-order chi connectivity index (χ0) is 15.4. The third kappa shape index (κ3) is 4.03. The molecule has 0 saturated carbocycles. The van der Waals surface area contributed by atoms with E-state index in [1.165, 1.54) is 29.1 Å². The number of carbonyl (C=O) groups excluding carboxylic acids is 1. The Morgan fingerprint density at radius 3 is 3.00 bits per heavy atom. The topological polar surface area (TPSA) is 90.0 Å². The van der Waals surface area contributed by atoms with E-state index in [-0.39, 0.29) is 23.7 Å². The number of nitrogens with one attached hydrogen (secondary N) is 1. The van der Waals surface area contributed by atoms with Crippen LogP contribution in [0, 0.1) is 5.82 Å². The van der Waals surface area contributed by atoms with Crippen molar-refractivity contribution >= 4 is 28.9 Å². The molecule has 0 spiro atoms. The van der Waals surface area contributed by atoms with Gasteiger partial charge in [-0.15, -0.1) is 0 Å². The molecule has 0 unspecified atom stereocenters. The molecule has 2 rings (SSSR count). The van der Waals surface area contributed by atoms with Crippen LogP contribution in [0.4, 0.5) is 15.8 Å². The number of rotatable bonds is 4. The van der Waals surface area contributed by atoms with Gasteiger partial charge in [-0.2, -0.15) is 0 Å². The summed E-state index contributed by atoms with van der Waals surface area (Å²) in [6.45, 7) is 0.0855. The SMILES string of the molecule is Nc1ccc(F)c(NC(=O)CCn2cc(Cl)cnc2=O)c1. The highest BCUT2D eigenvalue weighted by Crippen LogP contribution is 2.17. The molecule has 6 nitrogen and oxygen atoms in total. The van der Waals surface area contributed by atoms with Crippen LogP contribution in [0.1, 0.15) is 6.42 Å². The molecule has 0 aliphatic rings. The number of aromatic nitrogens is 2. The van der Waals surface area contributed by atoms with Gasteiger partial charge in [0.05, 0.1) is 16.9 Å². The Hall–Kier alpha value is -2.41. The first-order valence-corrected chi connectivity index (χ1v) is 6.40. The lowest BCUT2D eigenvalue weighted by Gasteiger charge is -2.08. The molecule has 0 bridgehead atoms. The van der Waals surface area contributed by atoms with E-state index in [9.17, 15) is 14.0 Å². The van der Waals surface area contributed by atoms with E-state index in [1.54, 1.807) is 0 Å². The smallest absolute Gasteiger partial charge is 0.347 e. The van der Waals surface area contributed by atoms with Gasteiger partial charge in [0.25, 0.3) is 0 Å². The summed E-state index contributed by atoms with van der Waals surface area (Å²) in [5.41, 5.74) is 5.34. The van der Waals surface area contributed by atoms with Crippen LogP contribution in [0.15, 0.2) is 35.4 Å². The van der Waals surface area contributed by atoms with Crippen molar-refractivity contribution in [3.63, 3.8) is 0 Å². The van der Waals surface area contributed by atoms with Gasteiger partial charge in [-0.05, 0) is 18.2 Å². The van der Waals surface area contributed by atoms with Crippen molar-refractivity contribution in [1.29, 1.82) is 0 Å². The molecule has 3 N–H and O–H groups in total. The van der Waals surface area contributed by atoms with Gasteiger partial charge in [-0.3, -0.25) is 9.36 Å². The number of amides is 1. The zero-order valence-corrected chi connectivity index (χ0v) is 11.6. The number of aryl methyl sites for hydroxylation is 1. The van der Waals surface area contributed by atoms with E-state index in [0.717, 1.165) is 6.07 Å². The van der Waals surface area contributed by atoms with E-state index in [4.69, 9.17) is 17.3 Å². The Morgan fingerprint density at radius 2 is 2.24 bits per heavy atom. The molecule has 0 saturated heterocycles. The van der Waals surface area contributed by atoms with Crippen LogP contribution in [0.2, 0.25) is 5.02 Å². The second kappa shape index (κ2) is 6.36. The monoisotopic (exact) mass is 310 g/mol. The van der Waals surface area contributed by atoms with E-state index < -0.39 is 17.4 Å². The molecule has 2 aromatic rings. The number of nitrogens with two attached hydrogens (primary N) is 1. The Kier molecular flexibility index (Phi) is 4.54. The molecule has 8 heteroatoms. The van der Waals surface area contributed by atoms with Gasteiger partial charge in [-0.1, -0.05) is 11.6 Å². The predicted octanol–water partition coefficient (Wildman–Crippen LogP) is 1.65. The standard InChI is InChI=1S/C13H12ClFN4O2/c14-8-6-17-13(21)19(7-8)4-3-12(20)18-11-5-9(16)1-2-10(11)15/h1-2,5-7H,3-4,16H2,(H,18,20). The van der Waals surface area contributed by atoms with E-state index >= 15 is 0 Å². The fraction of sp³-hybridized carbons (Fsp3) is 0.154. The minimum absolute atomic E-state index is 0.00318. The summed E-state index contributed by atoms with van der Waals surface area (Å²) < 4.78 is 14.7. The average molecular weight is 311 g/mol. The molecule has 0 aliphatic heterocycles. The van der Waals surface area contributed by atoms with Crippen LogP contribution < -0.4 is 16.7 Å². The Labute approximate surface area is 124 Å². The van der Waals surface area contributed by atoms with Gasteiger partial charge in [0.15, 0.2) is 0 Å². The molecule has 21 heavy (non-hydrogen) atoms. The van der Waals surface area contributed by atoms with Gasteiger partial charge in [0.2, 0.25) is 5.91 Å². The van der Waals surface area contributed by atoms with Gasteiger partial charge >= 0.3 is 5.69 Å². The van der Waals surface area contributed by atoms with Crippen molar-refractivity contribution < 1.29 is 9.18 Å². The largest absolute Gasteiger partial charge is 0.399 e. The van der Waals surface area contributed by atoms with E-state index in [0.29, 0.717) is 5.69 Å². The van der Waals surface area contributed by atoms with E-state index in [1.807, 2.05) is 0 Å². The third-order valence-corrected chi connectivity index (χ3v) is 2.86. The highest BCUT2D eigenvalue weighted by molar-refractivity contribution is 6.30. The summed E-state index contributed by atoms with van der Waals surface area (Å²) in [6, 6.07) is 3.87. The third-order valence-electron chi connectivity index (χ3n) is 2.67. The first-order valence-electron chi connectivity index (χ1n) is 6.02. The summed E-state index contributed by atoms with van der Waals surface area (Å²) in [7, 11) is 0. The molecule has 1 aromatic carbocycles. The second-order valence-corrected chi connectivity index (χ2v) is 4.72. The first kappa shape index (κ1) is 15.0. The van der Waals surface area contributed by atoms with Gasteiger partial charge in [0.1, 0.15) is 5.82 Å². The number of anilines is 2. The van der Waals surface area contributed by atoms with Crippen molar-refractivity contribution in [3.8, 4) is 0 Å². The van der Waals surface area contributed by atoms with Crippen LogP contribution in [0.25, 0.3) is 0 Å². The lowest BCUT2D eigenvalue weighted by molar-refractivity contribution is -0.116. The Balaban J connectivity index is 2.01. The molecule has 1 aromatic heterocycles. The second-order valence-electron chi connectivity index (χ2n) is 4.29. The minimum Gasteiger partial charge on any atom is -0.399 e. The fourth-order valence-corrected chi connectivity index (χ4v) is 1.83. The number of hydrogen-bond donors (Lipinski definition) is 2. The average Bonchev–Trinajstić information content (AvgIpc) is 2.44. The predicted molar refractivity (Wildman–Crippen MR) is 77.6 cm³/mol. The maximum Gasteiger partial charge on any atom is 0.347 e. The van der Waals surface area contributed by atoms with E-state index in [2.05, 4.69) is 10.3 Å². The Bertz CT molecular complexity index is 732. The lowest BCUT2D eigenvalue weighted by Crippen LogP contribution is -2.24. The maximum atomic E-state index is 13.5. The lowest BCUT2D eigenvalue weighted by atomic mass is 10.2. The molecule has 0 atom stereocenters. The number of benzene rings is 1. The number of nitrogens with zero attached hydrogens (tertiary/aromatic N) is 2. The fourth-order valence-electron chi connectivity index (χ4n) is 1.66. The van der Waals surface area contributed by atoms with Crippen LogP contribution in [-0.4, -0.2) is 15.5 Å². The van der Waals surface area contributed by atoms with Crippen LogP contribution in [0.5, 0.6) is 0 Å². The first-order chi connectivity index (χ1) is 9.95. The zero-order valence-electron chi connectivity index (χ0n) is 10.8. The van der Waals surface area contributed by atoms with Gasteiger partial charge < -0.3 is 11.1 Å². The van der Waals surface area contributed by atoms with Crippen molar-refractivity contribution in [2.75, 3.05) is 11.1 Å². The maximum absolute atomic E-state index is 13.5. The van der Waals surface area contributed by atoms with Crippen molar-refractivity contribution in [2.24, 2.45) is 0 Å². The molecule has 1 amide bonds. The minimum atomic E-state index is -0.584. The van der Waals surface area contributed by atoms with Crippen LogP contribution in [-0.2, 0) is 11.3 Å². The van der Waals surface area contributed by atoms with Crippen LogP contribution in [0.3, 0.4) is 0 Å². The van der Waals surface area contributed by atoms with Crippen molar-refractivity contribution in [3.05, 3.63) is 51.9 Å². The molecule has 0 aliphatic carbocycles. The Morgan fingerprint density at radius 1 is 1.48 bits per heavy atom. The van der Waals surface area contributed by atoms with Crippen molar-refractivity contribution in [2.45, 2.75) is 13.0 Å². The highest BCUT2D eigenvalue weighted by Gasteiger charge is 2.08. The number of hydrogen-bond acceptors (Lipinski definition) is 4. The number of carbonyl (C=O) groups is 1. The van der Waals surface area contributed by atoms with Gasteiger partial charge in [-0.25, -0.2) is 14.2 Å². The molecular formula is C13H12ClFN4O2. The summed E-state index contributed by atoms with van der Waals surface area (Å²) in [5.74, 6) is -1.04. The molecule has 0 fully saturated rings. The summed E-state index contributed by atoms with van der Waals surface area (Å²) in [5, 5.41) is 2.68. The normalized spacial score (nSPS) is 10.4. The highest BCUT2D eigenvalue weighted by atomic mass is 35.5. The molecule has 0 radical (unpaired) electrons. The quantitative estimate of drug-likeness (QED) is 0.840. The van der Waals surface area contributed by atoms with Crippen LogP contribution >= 0.6 is 11.6 Å². The number of halogens is 2. The summed E-state index contributed by atoms with van der Waals surface area (Å²) in [4.78, 5) is 26.7. The summed E-state index contributed by atoms with van der Waals surface area (Å²) >= 11 is 5.71. The summed E-state index contributed by atoms with van der Waals surface area (Å²) in [6.07, 6.45) is 2.57.